The van der Waals surface area contributed by atoms with Crippen molar-refractivity contribution in [2.24, 2.45) is 7.05 Å². The first-order chi connectivity index (χ1) is 19.6. The molecule has 5 aromatic rings. The molecule has 0 saturated carbocycles. The fourth-order valence-electron chi connectivity index (χ4n) is 5.87. The fourth-order valence-corrected chi connectivity index (χ4v) is 5.87. The van der Waals surface area contributed by atoms with Gasteiger partial charge in [0.2, 0.25) is 5.43 Å². The van der Waals surface area contributed by atoms with E-state index in [1.807, 2.05) is 48.0 Å². The minimum Gasteiger partial charge on any atom is -0.496 e. The highest BCUT2D eigenvalue weighted by atomic mass is 16.6. The zero-order chi connectivity index (χ0) is 29.1. The third-order valence-electron chi connectivity index (χ3n) is 7.70. The molecule has 41 heavy (non-hydrogen) atoms. The summed E-state index contributed by atoms with van der Waals surface area (Å²) in [5.41, 5.74) is 0.586. The molecule has 0 spiro atoms. The van der Waals surface area contributed by atoms with Gasteiger partial charge in [-0.2, -0.15) is 0 Å². The van der Waals surface area contributed by atoms with Gasteiger partial charge in [0.1, 0.15) is 17.1 Å². The van der Waals surface area contributed by atoms with E-state index in [2.05, 4.69) is 0 Å². The highest BCUT2D eigenvalue weighted by Crippen LogP contribution is 2.49. The van der Waals surface area contributed by atoms with Crippen LogP contribution in [-0.2, 0) is 21.3 Å². The summed E-state index contributed by atoms with van der Waals surface area (Å²) in [6.07, 6.45) is -2.11. The molecule has 208 valence electrons. The first-order valence-corrected chi connectivity index (χ1v) is 13.3. The number of carbonyl (C=O) groups is 2. The Morgan fingerprint density at radius 1 is 0.927 bits per heavy atom. The van der Waals surface area contributed by atoms with Crippen LogP contribution in [0.1, 0.15) is 42.8 Å². The third kappa shape index (κ3) is 4.18. The number of carbonyl (C=O) groups excluding carboxylic acids is 2. The van der Waals surface area contributed by atoms with Gasteiger partial charge in [0.15, 0.2) is 12.2 Å². The molecule has 0 bridgehead atoms. The molecule has 8 nitrogen and oxygen atoms in total. The number of nitrogens with zero attached hydrogens (tertiary/aromatic N) is 1. The van der Waals surface area contributed by atoms with Crippen molar-refractivity contribution in [3.63, 3.8) is 0 Å². The summed E-state index contributed by atoms with van der Waals surface area (Å²) in [5.74, 6) is -0.462. The first-order valence-electron chi connectivity index (χ1n) is 13.3. The van der Waals surface area contributed by atoms with Crippen LogP contribution in [0.5, 0.6) is 11.5 Å². The summed E-state index contributed by atoms with van der Waals surface area (Å²) in [6, 6.07) is 21.8. The van der Waals surface area contributed by atoms with E-state index in [9.17, 15) is 14.4 Å². The van der Waals surface area contributed by atoms with Gasteiger partial charge >= 0.3 is 11.9 Å². The number of aromatic nitrogens is 1. The SMILES string of the molecule is COc1cc2c(c3c1c(=O)c1c4ccccc4ccc1n3C)C(OC(C)=O)C(OC(=O)c1ccccc1)C(C)(C)O2. The lowest BCUT2D eigenvalue weighted by atomic mass is 9.86. The number of rotatable bonds is 4. The molecule has 0 aliphatic carbocycles. The van der Waals surface area contributed by atoms with Crippen molar-refractivity contribution in [3.8, 4) is 11.5 Å². The maximum absolute atomic E-state index is 14.3. The van der Waals surface area contributed by atoms with Gasteiger partial charge in [-0.15, -0.1) is 0 Å². The van der Waals surface area contributed by atoms with Gasteiger partial charge in [-0.05, 0) is 42.8 Å². The molecule has 4 aromatic carbocycles. The highest BCUT2D eigenvalue weighted by molar-refractivity contribution is 6.11. The van der Waals surface area contributed by atoms with Crippen LogP contribution in [0.15, 0.2) is 77.6 Å². The number of fused-ring (bicyclic) bond motifs is 6. The maximum Gasteiger partial charge on any atom is 0.338 e. The van der Waals surface area contributed by atoms with Crippen molar-refractivity contribution >= 4 is 44.5 Å². The van der Waals surface area contributed by atoms with Gasteiger partial charge in [0.25, 0.3) is 0 Å². The Hall–Kier alpha value is -4.85. The van der Waals surface area contributed by atoms with E-state index in [-0.39, 0.29) is 5.43 Å². The summed E-state index contributed by atoms with van der Waals surface area (Å²) in [6.45, 7) is 4.82. The van der Waals surface area contributed by atoms with Gasteiger partial charge in [-0.25, -0.2) is 4.79 Å². The van der Waals surface area contributed by atoms with Crippen LogP contribution in [0.3, 0.4) is 0 Å². The fraction of sp³-hybridized carbons (Fsp3) is 0.242. The van der Waals surface area contributed by atoms with Crippen LogP contribution in [0.25, 0.3) is 32.6 Å². The molecule has 0 N–H and O–H groups in total. The van der Waals surface area contributed by atoms with Crippen molar-refractivity contribution < 1.29 is 28.5 Å². The van der Waals surface area contributed by atoms with Gasteiger partial charge < -0.3 is 23.5 Å². The normalized spacial score (nSPS) is 17.6. The Morgan fingerprint density at radius 2 is 1.63 bits per heavy atom. The number of ether oxygens (including phenoxy) is 4. The lowest BCUT2D eigenvalue weighted by molar-refractivity contribution is -0.168. The number of aryl methyl sites for hydroxylation is 1. The Morgan fingerprint density at radius 3 is 2.34 bits per heavy atom. The first kappa shape index (κ1) is 26.4. The average Bonchev–Trinajstić information content (AvgIpc) is 2.96. The highest BCUT2D eigenvalue weighted by Gasteiger charge is 2.50. The minimum atomic E-state index is -1.11. The second-order valence-corrected chi connectivity index (χ2v) is 10.7. The van der Waals surface area contributed by atoms with E-state index in [4.69, 9.17) is 18.9 Å². The van der Waals surface area contributed by atoms with Crippen molar-refractivity contribution in [3.05, 3.63) is 94.1 Å². The molecule has 0 fully saturated rings. The Balaban J connectivity index is 1.67. The standard InChI is InChI=1S/C33H29NO7/c1-18(35)39-30-27-24(41-33(2,3)31(30)40-32(37)20-12-7-6-8-13-20)17-23(38-5)26-28(27)34(4)22-16-15-19-11-9-10-14-21(19)25(22)29(26)36/h6-17,30-31H,1-5H3. The van der Waals surface area contributed by atoms with Crippen LogP contribution in [0, 0.1) is 0 Å². The quantitative estimate of drug-likeness (QED) is 0.157. The molecule has 6 rings (SSSR count). The van der Waals surface area contributed by atoms with E-state index in [0.717, 1.165) is 10.8 Å². The van der Waals surface area contributed by atoms with Crippen molar-refractivity contribution in [2.45, 2.75) is 38.6 Å². The van der Waals surface area contributed by atoms with Crippen LogP contribution >= 0.6 is 0 Å². The zero-order valence-electron chi connectivity index (χ0n) is 23.4. The molecule has 2 unspecified atom stereocenters. The lowest BCUT2D eigenvalue weighted by Gasteiger charge is -2.43. The number of benzene rings is 4. The van der Waals surface area contributed by atoms with Crippen LogP contribution in [0.2, 0.25) is 0 Å². The number of pyridine rings is 1. The minimum absolute atomic E-state index is 0.228. The summed E-state index contributed by atoms with van der Waals surface area (Å²) < 4.78 is 26.0. The molecule has 1 aliphatic heterocycles. The summed E-state index contributed by atoms with van der Waals surface area (Å²) in [4.78, 5) is 40.0. The van der Waals surface area contributed by atoms with Crippen molar-refractivity contribution in [1.29, 1.82) is 0 Å². The number of esters is 2. The molecule has 0 amide bonds. The maximum atomic E-state index is 14.3. The lowest BCUT2D eigenvalue weighted by Crippen LogP contribution is -2.52. The van der Waals surface area contributed by atoms with E-state index < -0.39 is 29.7 Å². The molecule has 2 heterocycles. The van der Waals surface area contributed by atoms with E-state index >= 15 is 0 Å². The Kier molecular flexibility index (Phi) is 6.21. The molecule has 2 atom stereocenters. The molecule has 8 heteroatoms. The van der Waals surface area contributed by atoms with Crippen LogP contribution in [-0.4, -0.2) is 35.3 Å². The molecular formula is C33H29NO7. The molecule has 0 saturated heterocycles. The molecule has 0 radical (unpaired) electrons. The van der Waals surface area contributed by atoms with E-state index in [1.165, 1.54) is 14.0 Å². The van der Waals surface area contributed by atoms with E-state index in [1.54, 1.807) is 50.2 Å². The summed E-state index contributed by atoms with van der Waals surface area (Å²) >= 11 is 0. The van der Waals surface area contributed by atoms with Crippen LogP contribution < -0.4 is 14.9 Å². The largest absolute Gasteiger partial charge is 0.496 e. The van der Waals surface area contributed by atoms with Crippen molar-refractivity contribution in [2.75, 3.05) is 7.11 Å². The van der Waals surface area contributed by atoms with Gasteiger partial charge in [-0.1, -0.05) is 48.5 Å². The predicted octanol–water partition coefficient (Wildman–Crippen LogP) is 5.85. The molecule has 1 aromatic heterocycles. The van der Waals surface area contributed by atoms with Crippen LogP contribution in [0.4, 0.5) is 0 Å². The third-order valence-corrected chi connectivity index (χ3v) is 7.70. The monoisotopic (exact) mass is 551 g/mol. The summed E-state index contributed by atoms with van der Waals surface area (Å²) in [5, 5.41) is 2.61. The second-order valence-electron chi connectivity index (χ2n) is 10.7. The molecule has 1 aliphatic rings. The smallest absolute Gasteiger partial charge is 0.338 e. The molecular weight excluding hydrogens is 522 g/mol. The predicted molar refractivity (Wildman–Crippen MR) is 156 cm³/mol. The van der Waals surface area contributed by atoms with Gasteiger partial charge in [0, 0.05) is 20.0 Å². The zero-order valence-corrected chi connectivity index (χ0v) is 23.4. The number of hydrogen-bond acceptors (Lipinski definition) is 7. The second kappa shape index (κ2) is 9.66. The summed E-state index contributed by atoms with van der Waals surface area (Å²) in [7, 11) is 3.34. The van der Waals surface area contributed by atoms with Crippen molar-refractivity contribution in [1.82, 2.24) is 4.57 Å². The van der Waals surface area contributed by atoms with Gasteiger partial charge in [-0.3, -0.25) is 9.59 Å². The van der Waals surface area contributed by atoms with E-state index in [0.29, 0.717) is 44.4 Å². The topological polar surface area (TPSA) is 93.1 Å². The Labute approximate surface area is 236 Å². The van der Waals surface area contributed by atoms with Gasteiger partial charge in [0.05, 0.1) is 40.0 Å². The number of hydrogen-bond donors (Lipinski definition) is 0. The average molecular weight is 552 g/mol. The Bertz CT molecular complexity index is 1920. The number of methoxy groups -OCH3 is 1.